The summed E-state index contributed by atoms with van der Waals surface area (Å²) in [7, 11) is 0. The smallest absolute Gasteiger partial charge is 0.303 e. The number of nitrogens with zero attached hydrogens (tertiary/aromatic N) is 1. The van der Waals surface area contributed by atoms with Crippen LogP contribution in [0.3, 0.4) is 0 Å². The van der Waals surface area contributed by atoms with E-state index in [9.17, 15) is 14.4 Å². The van der Waals surface area contributed by atoms with Crippen LogP contribution in [0.5, 0.6) is 0 Å². The third-order valence-corrected chi connectivity index (χ3v) is 4.66. The molecule has 2 N–H and O–H groups in total. The quantitative estimate of drug-likeness (QED) is 0.728. The highest BCUT2D eigenvalue weighted by Gasteiger charge is 2.35. The molecule has 0 spiro atoms. The SMILES string of the molecule is O=C(O)CCCCNC(=O)C1Cc2ccccc2CN1C(=O)c1ccco1. The predicted molar refractivity (Wildman–Crippen MR) is 97.0 cm³/mol. The van der Waals surface area contributed by atoms with E-state index in [4.69, 9.17) is 9.52 Å². The second kappa shape index (κ2) is 8.53. The van der Waals surface area contributed by atoms with Crippen molar-refractivity contribution in [2.75, 3.05) is 6.54 Å². The molecule has 2 amide bonds. The number of benzene rings is 1. The van der Waals surface area contributed by atoms with Gasteiger partial charge in [-0.2, -0.15) is 0 Å². The lowest BCUT2D eigenvalue weighted by atomic mass is 9.93. The van der Waals surface area contributed by atoms with Crippen LogP contribution in [-0.2, 0) is 22.6 Å². The number of nitrogens with one attached hydrogen (secondary N) is 1. The molecule has 1 aliphatic rings. The molecule has 0 saturated carbocycles. The van der Waals surface area contributed by atoms with Crippen molar-refractivity contribution in [1.82, 2.24) is 10.2 Å². The minimum Gasteiger partial charge on any atom is -0.481 e. The van der Waals surface area contributed by atoms with Gasteiger partial charge < -0.3 is 19.7 Å². The maximum absolute atomic E-state index is 12.8. The molecule has 1 unspecified atom stereocenters. The van der Waals surface area contributed by atoms with Crippen LogP contribution in [0.1, 0.15) is 40.9 Å². The number of carboxylic acids is 1. The second-order valence-electron chi connectivity index (χ2n) is 6.54. The van der Waals surface area contributed by atoms with Crippen molar-refractivity contribution in [1.29, 1.82) is 0 Å². The van der Waals surface area contributed by atoms with Gasteiger partial charge in [0.1, 0.15) is 6.04 Å². The lowest BCUT2D eigenvalue weighted by molar-refractivity contribution is -0.137. The highest BCUT2D eigenvalue weighted by atomic mass is 16.4. The molecule has 1 aromatic carbocycles. The molecule has 0 radical (unpaired) electrons. The van der Waals surface area contributed by atoms with Crippen molar-refractivity contribution in [2.45, 2.75) is 38.3 Å². The van der Waals surface area contributed by atoms with Crippen molar-refractivity contribution < 1.29 is 23.9 Å². The van der Waals surface area contributed by atoms with Crippen molar-refractivity contribution in [3.05, 3.63) is 59.5 Å². The Kier molecular flexibility index (Phi) is 5.90. The van der Waals surface area contributed by atoms with E-state index in [1.165, 1.54) is 11.2 Å². The van der Waals surface area contributed by atoms with Gasteiger partial charge in [0, 0.05) is 25.9 Å². The average molecular weight is 370 g/mol. The van der Waals surface area contributed by atoms with Gasteiger partial charge in [-0.05, 0) is 36.1 Å². The topological polar surface area (TPSA) is 99.9 Å². The Balaban J connectivity index is 1.70. The Morgan fingerprint density at radius 2 is 1.89 bits per heavy atom. The van der Waals surface area contributed by atoms with Crippen molar-refractivity contribution in [3.8, 4) is 0 Å². The fraction of sp³-hybridized carbons (Fsp3) is 0.350. The fourth-order valence-electron chi connectivity index (χ4n) is 3.24. The monoisotopic (exact) mass is 370 g/mol. The number of hydrogen-bond donors (Lipinski definition) is 2. The zero-order valence-electron chi connectivity index (χ0n) is 14.9. The molecule has 7 heteroatoms. The number of hydrogen-bond acceptors (Lipinski definition) is 4. The summed E-state index contributed by atoms with van der Waals surface area (Å²) in [4.78, 5) is 37.6. The van der Waals surface area contributed by atoms with E-state index >= 15 is 0 Å². The minimum atomic E-state index is -0.847. The largest absolute Gasteiger partial charge is 0.481 e. The number of carbonyl (C=O) groups excluding carboxylic acids is 2. The number of rotatable bonds is 7. The Morgan fingerprint density at radius 3 is 2.59 bits per heavy atom. The summed E-state index contributed by atoms with van der Waals surface area (Å²) in [5.74, 6) is -1.20. The minimum absolute atomic E-state index is 0.0791. The van der Waals surface area contributed by atoms with Crippen molar-refractivity contribution >= 4 is 17.8 Å². The molecule has 2 heterocycles. The number of furan rings is 1. The van der Waals surface area contributed by atoms with Crippen molar-refractivity contribution in [2.24, 2.45) is 0 Å². The maximum Gasteiger partial charge on any atom is 0.303 e. The fourth-order valence-corrected chi connectivity index (χ4v) is 3.24. The average Bonchev–Trinajstić information content (AvgIpc) is 3.20. The van der Waals surface area contributed by atoms with E-state index in [0.717, 1.165) is 11.1 Å². The van der Waals surface area contributed by atoms with E-state index in [2.05, 4.69) is 5.32 Å². The normalized spacial score (nSPS) is 15.9. The lowest BCUT2D eigenvalue weighted by Gasteiger charge is -2.35. The molecule has 1 aliphatic heterocycles. The molecule has 142 valence electrons. The van der Waals surface area contributed by atoms with Gasteiger partial charge in [0.05, 0.1) is 6.26 Å². The molecule has 0 aliphatic carbocycles. The third-order valence-electron chi connectivity index (χ3n) is 4.66. The highest BCUT2D eigenvalue weighted by molar-refractivity contribution is 5.96. The van der Waals surface area contributed by atoms with Crippen LogP contribution < -0.4 is 5.32 Å². The molecule has 0 saturated heterocycles. The first-order valence-electron chi connectivity index (χ1n) is 8.97. The molecule has 7 nitrogen and oxygen atoms in total. The zero-order chi connectivity index (χ0) is 19.2. The summed E-state index contributed by atoms with van der Waals surface area (Å²) in [6.07, 6.45) is 3.02. The highest BCUT2D eigenvalue weighted by Crippen LogP contribution is 2.25. The van der Waals surface area contributed by atoms with Crippen LogP contribution >= 0.6 is 0 Å². The van der Waals surface area contributed by atoms with E-state index in [1.807, 2.05) is 24.3 Å². The predicted octanol–water partition coefficient (Wildman–Crippen LogP) is 2.22. The number of carboxylic acid groups (broad SMARTS) is 1. The number of aliphatic carboxylic acids is 1. The van der Waals surface area contributed by atoms with Gasteiger partial charge in [-0.3, -0.25) is 14.4 Å². The number of carbonyl (C=O) groups is 3. The first-order chi connectivity index (χ1) is 13.1. The summed E-state index contributed by atoms with van der Waals surface area (Å²) in [5.41, 5.74) is 2.06. The van der Waals surface area contributed by atoms with Gasteiger partial charge in [-0.1, -0.05) is 24.3 Å². The summed E-state index contributed by atoms with van der Waals surface area (Å²) in [5, 5.41) is 11.5. The van der Waals surface area contributed by atoms with E-state index in [0.29, 0.717) is 32.4 Å². The second-order valence-corrected chi connectivity index (χ2v) is 6.54. The number of amides is 2. The van der Waals surface area contributed by atoms with Crippen molar-refractivity contribution in [3.63, 3.8) is 0 Å². The van der Waals surface area contributed by atoms with Gasteiger partial charge in [0.2, 0.25) is 5.91 Å². The van der Waals surface area contributed by atoms with Crippen LogP contribution in [0.25, 0.3) is 0 Å². The van der Waals surface area contributed by atoms with Gasteiger partial charge in [-0.25, -0.2) is 0 Å². The molecule has 3 rings (SSSR count). The zero-order valence-corrected chi connectivity index (χ0v) is 14.9. The number of unbranched alkanes of at least 4 members (excludes halogenated alkanes) is 1. The molecule has 1 atom stereocenters. The standard InChI is InChI=1S/C20H22N2O5/c23-18(24)9-3-4-10-21-19(25)16-12-14-6-1-2-7-15(14)13-22(16)20(26)17-8-5-11-27-17/h1-2,5-8,11,16H,3-4,9-10,12-13H2,(H,21,25)(H,23,24). The first-order valence-corrected chi connectivity index (χ1v) is 8.97. The summed E-state index contributed by atoms with van der Waals surface area (Å²) in [6, 6.07) is 10.4. The molecule has 27 heavy (non-hydrogen) atoms. The van der Waals surface area contributed by atoms with Crippen LogP contribution in [0.4, 0.5) is 0 Å². The van der Waals surface area contributed by atoms with Gasteiger partial charge in [-0.15, -0.1) is 0 Å². The molecule has 0 fully saturated rings. The molecule has 2 aromatic rings. The molecular weight excluding hydrogens is 348 g/mol. The Morgan fingerprint density at radius 1 is 1.11 bits per heavy atom. The van der Waals surface area contributed by atoms with Crippen LogP contribution in [0.15, 0.2) is 47.1 Å². The lowest BCUT2D eigenvalue weighted by Crippen LogP contribution is -2.52. The van der Waals surface area contributed by atoms with E-state index < -0.39 is 12.0 Å². The molecular formula is C20H22N2O5. The molecule has 0 bridgehead atoms. The van der Waals surface area contributed by atoms with Crippen LogP contribution in [0, 0.1) is 0 Å². The molecule has 1 aromatic heterocycles. The first kappa shape index (κ1) is 18.7. The number of fused-ring (bicyclic) bond motifs is 1. The third kappa shape index (κ3) is 4.55. The maximum atomic E-state index is 12.8. The summed E-state index contributed by atoms with van der Waals surface area (Å²) < 4.78 is 5.22. The van der Waals surface area contributed by atoms with E-state index in [1.54, 1.807) is 12.1 Å². The van der Waals surface area contributed by atoms with Gasteiger partial charge in [0.25, 0.3) is 5.91 Å². The Labute approximate surface area is 157 Å². The Bertz CT molecular complexity index is 816. The summed E-state index contributed by atoms with van der Waals surface area (Å²) >= 11 is 0. The van der Waals surface area contributed by atoms with E-state index in [-0.39, 0.29) is 24.0 Å². The van der Waals surface area contributed by atoms with Gasteiger partial charge in [0.15, 0.2) is 5.76 Å². The Hall–Kier alpha value is -3.09. The summed E-state index contributed by atoms with van der Waals surface area (Å²) in [6.45, 7) is 0.722. The van der Waals surface area contributed by atoms with Crippen LogP contribution in [0.2, 0.25) is 0 Å². The van der Waals surface area contributed by atoms with Crippen LogP contribution in [-0.4, -0.2) is 40.4 Å². The van der Waals surface area contributed by atoms with Gasteiger partial charge >= 0.3 is 5.97 Å².